The summed E-state index contributed by atoms with van der Waals surface area (Å²) in [5.41, 5.74) is 3.30. The van der Waals surface area contributed by atoms with Crippen LogP contribution in [-0.4, -0.2) is 39.1 Å². The highest BCUT2D eigenvalue weighted by molar-refractivity contribution is 5.76. The second-order valence-corrected chi connectivity index (χ2v) is 6.52. The normalized spacial score (nSPS) is 12.4. The van der Waals surface area contributed by atoms with Crippen LogP contribution >= 0.6 is 0 Å². The molecule has 3 rings (SSSR count). The second-order valence-electron chi connectivity index (χ2n) is 6.52. The van der Waals surface area contributed by atoms with Crippen LogP contribution in [0, 0.1) is 0 Å². The minimum atomic E-state index is -0.796. The summed E-state index contributed by atoms with van der Waals surface area (Å²) in [6, 6.07) is 13.1. The van der Waals surface area contributed by atoms with Crippen molar-refractivity contribution in [1.82, 2.24) is 14.5 Å². The van der Waals surface area contributed by atoms with E-state index < -0.39 is 6.10 Å². The number of aryl methyl sites for hydroxylation is 2. The first-order chi connectivity index (χ1) is 13.0. The lowest BCUT2D eigenvalue weighted by molar-refractivity contribution is 0.108. The van der Waals surface area contributed by atoms with E-state index in [4.69, 9.17) is 9.84 Å². The molecule has 0 aliphatic heterocycles. The van der Waals surface area contributed by atoms with E-state index in [2.05, 4.69) is 5.32 Å². The predicted molar refractivity (Wildman–Crippen MR) is 104 cm³/mol. The Bertz CT molecular complexity index is 960. The van der Waals surface area contributed by atoms with Crippen molar-refractivity contribution in [2.45, 2.75) is 12.6 Å². The summed E-state index contributed by atoms with van der Waals surface area (Å²) in [5.74, 6) is 0.674. The Morgan fingerprint density at radius 3 is 2.48 bits per heavy atom. The molecular formula is C20H25N3O4. The quantitative estimate of drug-likeness (QED) is 0.516. The Balaban J connectivity index is 1.63. The lowest BCUT2D eigenvalue weighted by Gasteiger charge is -2.13. The standard InChI is InChI=1S/C20H25N3O4/c1-22-17-8-5-15(11-18(17)23(2)20(22)26)19(25)13-27-16-6-3-14(4-7-16)12-21-9-10-24/h3-8,11,19,21,24-25H,9-10,12-13H2,1-2H3/t19-/m0/s1. The Kier molecular flexibility index (Phi) is 5.95. The van der Waals surface area contributed by atoms with Gasteiger partial charge in [-0.3, -0.25) is 9.13 Å². The molecule has 0 saturated heterocycles. The molecule has 3 N–H and O–H groups in total. The Labute approximate surface area is 157 Å². The number of nitrogens with zero attached hydrogens (tertiary/aromatic N) is 2. The number of aliphatic hydroxyl groups excluding tert-OH is 2. The smallest absolute Gasteiger partial charge is 0.328 e. The number of hydrogen-bond acceptors (Lipinski definition) is 5. The zero-order chi connectivity index (χ0) is 19.4. The van der Waals surface area contributed by atoms with Gasteiger partial charge in [0.1, 0.15) is 18.5 Å². The molecule has 0 radical (unpaired) electrons. The molecule has 0 aliphatic rings. The summed E-state index contributed by atoms with van der Waals surface area (Å²) in [4.78, 5) is 12.0. The zero-order valence-electron chi connectivity index (χ0n) is 15.6. The van der Waals surface area contributed by atoms with E-state index in [0.717, 1.165) is 16.6 Å². The molecule has 1 heterocycles. The molecule has 0 amide bonds. The monoisotopic (exact) mass is 371 g/mol. The summed E-state index contributed by atoms with van der Waals surface area (Å²) in [6.45, 7) is 1.47. The molecule has 0 aliphatic carbocycles. The minimum Gasteiger partial charge on any atom is -0.491 e. The maximum atomic E-state index is 12.0. The number of benzene rings is 2. The predicted octanol–water partition coefficient (Wildman–Crippen LogP) is 1.07. The van der Waals surface area contributed by atoms with Crippen LogP contribution in [0.15, 0.2) is 47.3 Å². The maximum absolute atomic E-state index is 12.0. The third kappa shape index (κ3) is 4.21. The lowest BCUT2D eigenvalue weighted by atomic mass is 10.1. The van der Waals surface area contributed by atoms with E-state index in [-0.39, 0.29) is 18.9 Å². The molecule has 0 unspecified atom stereocenters. The highest BCUT2D eigenvalue weighted by Crippen LogP contribution is 2.21. The first-order valence-electron chi connectivity index (χ1n) is 8.88. The molecule has 144 valence electrons. The van der Waals surface area contributed by atoms with E-state index in [9.17, 15) is 9.90 Å². The molecule has 2 aromatic carbocycles. The van der Waals surface area contributed by atoms with Crippen LogP contribution in [-0.2, 0) is 20.6 Å². The van der Waals surface area contributed by atoms with Gasteiger partial charge in [0.2, 0.25) is 0 Å². The van der Waals surface area contributed by atoms with Crippen LogP contribution in [0.5, 0.6) is 5.75 Å². The number of rotatable bonds is 8. The number of hydrogen-bond donors (Lipinski definition) is 3. The van der Waals surface area contributed by atoms with Crippen LogP contribution in [0.25, 0.3) is 11.0 Å². The summed E-state index contributed by atoms with van der Waals surface area (Å²) in [6.07, 6.45) is -0.796. The van der Waals surface area contributed by atoms with Gasteiger partial charge in [-0.2, -0.15) is 0 Å². The summed E-state index contributed by atoms with van der Waals surface area (Å²) < 4.78 is 8.84. The molecule has 0 bridgehead atoms. The van der Waals surface area contributed by atoms with Gasteiger partial charge in [-0.05, 0) is 35.4 Å². The summed E-state index contributed by atoms with van der Waals surface area (Å²) >= 11 is 0. The van der Waals surface area contributed by atoms with E-state index in [1.807, 2.05) is 42.5 Å². The van der Waals surface area contributed by atoms with Gasteiger partial charge in [0.05, 0.1) is 17.6 Å². The van der Waals surface area contributed by atoms with Gasteiger partial charge in [-0.25, -0.2) is 4.79 Å². The van der Waals surface area contributed by atoms with Gasteiger partial charge >= 0.3 is 5.69 Å². The molecule has 0 fully saturated rings. The molecule has 7 nitrogen and oxygen atoms in total. The van der Waals surface area contributed by atoms with Crippen molar-refractivity contribution >= 4 is 11.0 Å². The van der Waals surface area contributed by atoms with Crippen molar-refractivity contribution in [1.29, 1.82) is 0 Å². The fraction of sp³-hybridized carbons (Fsp3) is 0.350. The van der Waals surface area contributed by atoms with Crippen molar-refractivity contribution in [3.8, 4) is 5.75 Å². The minimum absolute atomic E-state index is 0.0959. The third-order valence-corrected chi connectivity index (χ3v) is 4.63. The fourth-order valence-corrected chi connectivity index (χ4v) is 3.02. The molecule has 0 spiro atoms. The number of fused-ring (bicyclic) bond motifs is 1. The zero-order valence-corrected chi connectivity index (χ0v) is 15.6. The molecule has 27 heavy (non-hydrogen) atoms. The Hall–Kier alpha value is -2.61. The molecular weight excluding hydrogens is 346 g/mol. The van der Waals surface area contributed by atoms with Crippen molar-refractivity contribution in [2.75, 3.05) is 19.8 Å². The lowest BCUT2D eigenvalue weighted by Crippen LogP contribution is -2.19. The molecule has 7 heteroatoms. The van der Waals surface area contributed by atoms with E-state index in [1.165, 1.54) is 0 Å². The first-order valence-corrected chi connectivity index (χ1v) is 8.88. The van der Waals surface area contributed by atoms with E-state index in [1.54, 1.807) is 23.2 Å². The number of ether oxygens (including phenoxy) is 1. The van der Waals surface area contributed by atoms with Gasteiger partial charge in [-0.1, -0.05) is 18.2 Å². The fourth-order valence-electron chi connectivity index (χ4n) is 3.02. The first kappa shape index (κ1) is 19.2. The molecule has 3 aromatic rings. The molecule has 0 saturated carbocycles. The summed E-state index contributed by atoms with van der Waals surface area (Å²) in [7, 11) is 3.45. The third-order valence-electron chi connectivity index (χ3n) is 4.63. The number of aromatic nitrogens is 2. The Morgan fingerprint density at radius 2 is 1.78 bits per heavy atom. The highest BCUT2D eigenvalue weighted by atomic mass is 16.5. The number of imidazole rings is 1. The average molecular weight is 371 g/mol. The Morgan fingerprint density at radius 1 is 1.07 bits per heavy atom. The maximum Gasteiger partial charge on any atom is 0.328 e. The van der Waals surface area contributed by atoms with Gasteiger partial charge in [0.15, 0.2) is 0 Å². The van der Waals surface area contributed by atoms with Crippen LogP contribution in [0.2, 0.25) is 0 Å². The van der Waals surface area contributed by atoms with Crippen molar-refractivity contribution in [3.05, 3.63) is 64.1 Å². The highest BCUT2D eigenvalue weighted by Gasteiger charge is 2.13. The average Bonchev–Trinajstić information content (AvgIpc) is 2.91. The van der Waals surface area contributed by atoms with Crippen LogP contribution in [0.4, 0.5) is 0 Å². The molecule has 1 aromatic heterocycles. The van der Waals surface area contributed by atoms with Gasteiger partial charge in [0.25, 0.3) is 0 Å². The van der Waals surface area contributed by atoms with Gasteiger partial charge in [0, 0.05) is 27.2 Å². The van der Waals surface area contributed by atoms with Crippen molar-refractivity contribution in [2.24, 2.45) is 14.1 Å². The number of nitrogens with one attached hydrogen (secondary N) is 1. The number of aliphatic hydroxyl groups is 2. The van der Waals surface area contributed by atoms with Gasteiger partial charge < -0.3 is 20.3 Å². The van der Waals surface area contributed by atoms with Crippen LogP contribution in [0.3, 0.4) is 0 Å². The van der Waals surface area contributed by atoms with Gasteiger partial charge in [-0.15, -0.1) is 0 Å². The SMILES string of the molecule is Cn1c(=O)n(C)c2cc([C@@H](O)COc3ccc(CNCCO)cc3)ccc21. The van der Waals surface area contributed by atoms with E-state index in [0.29, 0.717) is 24.4 Å². The van der Waals surface area contributed by atoms with Crippen LogP contribution in [0.1, 0.15) is 17.2 Å². The summed E-state index contributed by atoms with van der Waals surface area (Å²) in [5, 5.41) is 22.3. The largest absolute Gasteiger partial charge is 0.491 e. The topological polar surface area (TPSA) is 88.7 Å². The van der Waals surface area contributed by atoms with E-state index >= 15 is 0 Å². The second kappa shape index (κ2) is 8.39. The van der Waals surface area contributed by atoms with Crippen molar-refractivity contribution in [3.63, 3.8) is 0 Å². The van der Waals surface area contributed by atoms with Crippen molar-refractivity contribution < 1.29 is 14.9 Å². The van der Waals surface area contributed by atoms with Crippen LogP contribution < -0.4 is 15.7 Å². The molecule has 1 atom stereocenters.